The SMILES string of the molecule is COc1ccc(CN(Cc2ccc(OC)cc2)c2nc(Cl)c(Br)cc2I)cc1. The summed E-state index contributed by atoms with van der Waals surface area (Å²) in [6, 6.07) is 18.1. The maximum Gasteiger partial charge on any atom is 0.145 e. The number of hydrogen-bond acceptors (Lipinski definition) is 4. The van der Waals surface area contributed by atoms with Gasteiger partial charge in [0.2, 0.25) is 0 Å². The van der Waals surface area contributed by atoms with Crippen LogP contribution in [0.2, 0.25) is 5.15 Å². The molecule has 0 N–H and O–H groups in total. The van der Waals surface area contributed by atoms with Crippen LogP contribution in [0.5, 0.6) is 11.5 Å². The highest BCUT2D eigenvalue weighted by molar-refractivity contribution is 14.1. The van der Waals surface area contributed by atoms with Crippen molar-refractivity contribution in [3.63, 3.8) is 0 Å². The van der Waals surface area contributed by atoms with Crippen molar-refractivity contribution in [3.05, 3.63) is 78.9 Å². The quantitative estimate of drug-likeness (QED) is 0.245. The molecule has 4 nitrogen and oxygen atoms in total. The van der Waals surface area contributed by atoms with Gasteiger partial charge in [0.25, 0.3) is 0 Å². The summed E-state index contributed by atoms with van der Waals surface area (Å²) in [5, 5.41) is 0.449. The molecule has 0 saturated carbocycles. The van der Waals surface area contributed by atoms with Crippen molar-refractivity contribution in [3.8, 4) is 11.5 Å². The fourth-order valence-electron chi connectivity index (χ4n) is 2.77. The van der Waals surface area contributed by atoms with Gasteiger partial charge >= 0.3 is 0 Å². The van der Waals surface area contributed by atoms with Crippen LogP contribution in [0.4, 0.5) is 5.82 Å². The van der Waals surface area contributed by atoms with Crippen molar-refractivity contribution in [2.24, 2.45) is 0 Å². The third-order valence-corrected chi connectivity index (χ3v) is 6.15. The molecule has 0 radical (unpaired) electrons. The Bertz CT molecular complexity index is 887. The Kier molecular flexibility index (Phi) is 7.42. The second kappa shape index (κ2) is 9.80. The third kappa shape index (κ3) is 5.30. The number of nitrogens with zero attached hydrogens (tertiary/aromatic N) is 2. The summed E-state index contributed by atoms with van der Waals surface area (Å²) in [5.41, 5.74) is 2.32. The predicted octanol–water partition coefficient (Wildman–Crippen LogP) is 6.33. The summed E-state index contributed by atoms with van der Waals surface area (Å²) in [6.07, 6.45) is 0. The molecule has 0 aliphatic heterocycles. The van der Waals surface area contributed by atoms with Gasteiger partial charge in [-0.25, -0.2) is 4.98 Å². The Morgan fingerprint density at radius 1 is 0.929 bits per heavy atom. The van der Waals surface area contributed by atoms with Crippen molar-refractivity contribution in [2.75, 3.05) is 19.1 Å². The molecule has 0 atom stereocenters. The lowest BCUT2D eigenvalue weighted by Gasteiger charge is -2.26. The molecule has 0 unspecified atom stereocenters. The Hall–Kier alpha value is -1.51. The molecule has 0 fully saturated rings. The molecule has 0 aliphatic rings. The smallest absolute Gasteiger partial charge is 0.145 e. The fraction of sp³-hybridized carbons (Fsp3) is 0.190. The third-order valence-electron chi connectivity index (χ3n) is 4.23. The van der Waals surface area contributed by atoms with Crippen LogP contribution in [-0.2, 0) is 13.1 Å². The second-order valence-corrected chi connectivity index (χ2v) is 8.49. The molecule has 0 amide bonds. The van der Waals surface area contributed by atoms with Gasteiger partial charge in [-0.1, -0.05) is 35.9 Å². The Morgan fingerprint density at radius 2 is 1.39 bits per heavy atom. The molecular formula is C21H19BrClIN2O2. The van der Waals surface area contributed by atoms with Crippen molar-refractivity contribution in [1.82, 2.24) is 4.98 Å². The van der Waals surface area contributed by atoms with Crippen LogP contribution in [0.1, 0.15) is 11.1 Å². The van der Waals surface area contributed by atoms with Gasteiger partial charge < -0.3 is 14.4 Å². The molecule has 3 rings (SSSR count). The Morgan fingerprint density at radius 3 is 1.82 bits per heavy atom. The van der Waals surface area contributed by atoms with Crippen molar-refractivity contribution < 1.29 is 9.47 Å². The lowest BCUT2D eigenvalue weighted by atomic mass is 10.1. The van der Waals surface area contributed by atoms with Gasteiger partial charge in [-0.05, 0) is 80.0 Å². The van der Waals surface area contributed by atoms with Gasteiger partial charge in [0, 0.05) is 13.1 Å². The van der Waals surface area contributed by atoms with Gasteiger partial charge in [0.05, 0.1) is 22.3 Å². The molecule has 146 valence electrons. The molecule has 0 aliphatic carbocycles. The first-order valence-corrected chi connectivity index (χ1v) is 10.8. The number of anilines is 1. The lowest BCUT2D eigenvalue weighted by molar-refractivity contribution is 0.414. The van der Waals surface area contributed by atoms with E-state index in [9.17, 15) is 0 Å². The van der Waals surface area contributed by atoms with Gasteiger partial charge in [-0.2, -0.15) is 0 Å². The van der Waals surface area contributed by atoms with E-state index in [4.69, 9.17) is 21.1 Å². The first kappa shape index (κ1) is 21.2. The Labute approximate surface area is 192 Å². The number of ether oxygens (including phenoxy) is 2. The minimum absolute atomic E-state index is 0.449. The first-order chi connectivity index (χ1) is 13.5. The van der Waals surface area contributed by atoms with E-state index in [2.05, 4.69) is 72.7 Å². The molecule has 7 heteroatoms. The zero-order valence-electron chi connectivity index (χ0n) is 15.5. The van der Waals surface area contributed by atoms with Crippen LogP contribution in [0.25, 0.3) is 0 Å². The van der Waals surface area contributed by atoms with Crippen LogP contribution in [0.15, 0.2) is 59.1 Å². The number of rotatable bonds is 7. The van der Waals surface area contributed by atoms with E-state index in [0.717, 1.165) is 36.5 Å². The largest absolute Gasteiger partial charge is 0.497 e. The average Bonchev–Trinajstić information content (AvgIpc) is 2.71. The number of pyridine rings is 1. The van der Waals surface area contributed by atoms with E-state index >= 15 is 0 Å². The highest BCUT2D eigenvalue weighted by Crippen LogP contribution is 2.31. The molecule has 3 aromatic rings. The number of aromatic nitrogens is 1. The monoisotopic (exact) mass is 572 g/mol. The number of methoxy groups -OCH3 is 2. The number of benzene rings is 2. The highest BCUT2D eigenvalue weighted by Gasteiger charge is 2.16. The van der Waals surface area contributed by atoms with Crippen LogP contribution >= 0.6 is 50.1 Å². The molecule has 0 spiro atoms. The van der Waals surface area contributed by atoms with E-state index in [0.29, 0.717) is 18.2 Å². The zero-order chi connectivity index (χ0) is 20.1. The average molecular weight is 574 g/mol. The van der Waals surface area contributed by atoms with Crippen LogP contribution in [0.3, 0.4) is 0 Å². The predicted molar refractivity (Wildman–Crippen MR) is 126 cm³/mol. The molecular weight excluding hydrogens is 555 g/mol. The molecule has 0 saturated heterocycles. The van der Waals surface area contributed by atoms with Gasteiger partial charge in [0.15, 0.2) is 0 Å². The Balaban J connectivity index is 1.93. The van der Waals surface area contributed by atoms with Crippen molar-refractivity contribution >= 4 is 55.9 Å². The minimum atomic E-state index is 0.449. The van der Waals surface area contributed by atoms with E-state index in [-0.39, 0.29) is 0 Å². The standard InChI is InChI=1S/C21H19BrClIN2O2/c1-27-16-7-3-14(4-8-16)12-26(13-15-5-9-17(28-2)10-6-15)21-19(24)11-18(22)20(23)25-21/h3-11H,12-13H2,1-2H3. The topological polar surface area (TPSA) is 34.6 Å². The minimum Gasteiger partial charge on any atom is -0.497 e. The molecule has 1 heterocycles. The summed E-state index contributed by atoms with van der Waals surface area (Å²) < 4.78 is 12.3. The maximum absolute atomic E-state index is 6.29. The van der Waals surface area contributed by atoms with Gasteiger partial charge in [-0.15, -0.1) is 0 Å². The van der Waals surface area contributed by atoms with E-state index in [1.165, 1.54) is 0 Å². The summed E-state index contributed by atoms with van der Waals surface area (Å²) in [4.78, 5) is 6.83. The summed E-state index contributed by atoms with van der Waals surface area (Å²) in [5.74, 6) is 2.52. The normalized spacial score (nSPS) is 10.6. The van der Waals surface area contributed by atoms with Crippen molar-refractivity contribution in [1.29, 1.82) is 0 Å². The molecule has 1 aromatic heterocycles. The lowest BCUT2D eigenvalue weighted by Crippen LogP contribution is -2.24. The van der Waals surface area contributed by atoms with Gasteiger partial charge in [0.1, 0.15) is 22.5 Å². The van der Waals surface area contributed by atoms with Crippen molar-refractivity contribution in [2.45, 2.75) is 13.1 Å². The summed E-state index contributed by atoms with van der Waals surface area (Å²) >= 11 is 12.0. The first-order valence-electron chi connectivity index (χ1n) is 8.52. The fourth-order valence-corrected chi connectivity index (χ4v) is 4.42. The zero-order valence-corrected chi connectivity index (χ0v) is 20.0. The van der Waals surface area contributed by atoms with Crippen LogP contribution in [0, 0.1) is 3.57 Å². The molecule has 28 heavy (non-hydrogen) atoms. The van der Waals surface area contributed by atoms with E-state index in [1.54, 1.807) is 14.2 Å². The maximum atomic E-state index is 6.29. The number of hydrogen-bond donors (Lipinski definition) is 0. The van der Waals surface area contributed by atoms with Gasteiger partial charge in [-0.3, -0.25) is 0 Å². The molecule has 2 aromatic carbocycles. The summed E-state index contributed by atoms with van der Waals surface area (Å²) in [7, 11) is 3.34. The summed E-state index contributed by atoms with van der Waals surface area (Å²) in [6.45, 7) is 1.38. The van der Waals surface area contributed by atoms with Crippen LogP contribution in [-0.4, -0.2) is 19.2 Å². The number of halogens is 3. The van der Waals surface area contributed by atoms with E-state index < -0.39 is 0 Å². The van der Waals surface area contributed by atoms with Crippen LogP contribution < -0.4 is 14.4 Å². The second-order valence-electron chi connectivity index (χ2n) is 6.12. The highest BCUT2D eigenvalue weighted by atomic mass is 127. The molecule has 0 bridgehead atoms. The van der Waals surface area contributed by atoms with E-state index in [1.807, 2.05) is 30.3 Å².